The first kappa shape index (κ1) is 17.7. The van der Waals surface area contributed by atoms with Gasteiger partial charge < -0.3 is 10.6 Å². The predicted octanol–water partition coefficient (Wildman–Crippen LogP) is 1.29. The van der Waals surface area contributed by atoms with Crippen LogP contribution in [0, 0.1) is 0 Å². The molecule has 72 valence electrons. The number of alkyl halides is 2. The third-order valence-corrected chi connectivity index (χ3v) is 0.566. The lowest BCUT2D eigenvalue weighted by atomic mass is 10.5. The van der Waals surface area contributed by atoms with Gasteiger partial charge in [-0.25, -0.2) is 0 Å². The number of rotatable bonds is 0. The second kappa shape index (κ2) is 22.4. The molecule has 0 spiro atoms. The summed E-state index contributed by atoms with van der Waals surface area (Å²) >= 11 is 9.53. The van der Waals surface area contributed by atoms with Gasteiger partial charge in [0.1, 0.15) is 0 Å². The number of aliphatic hydroxyl groups excluding tert-OH is 1. The van der Waals surface area contributed by atoms with Crippen LogP contribution in [0.25, 0.3) is 0 Å². The molecule has 0 unspecified atom stereocenters. The van der Waals surface area contributed by atoms with E-state index in [1.165, 1.54) is 0 Å². The molecule has 0 radical (unpaired) electrons. The maximum Gasteiger partial charge on any atom is 0.0967 e. The number of aromatic nitrogens is 1. The zero-order valence-electron chi connectivity index (χ0n) is 6.74. The van der Waals surface area contributed by atoms with Crippen LogP contribution >= 0.6 is 23.2 Å². The van der Waals surface area contributed by atoms with Crippen molar-refractivity contribution in [2.75, 3.05) is 12.4 Å². The van der Waals surface area contributed by atoms with Gasteiger partial charge in [-0.15, -0.1) is 23.2 Å². The minimum atomic E-state index is 0. The monoisotopic (exact) mass is 213 g/mol. The van der Waals surface area contributed by atoms with Crippen LogP contribution in [0.4, 0.5) is 0 Å². The number of hydrogen-bond donors (Lipinski definition) is 1. The smallest absolute Gasteiger partial charge is 0.0967 e. The first-order valence-corrected chi connectivity index (χ1v) is 3.90. The molecule has 0 aliphatic heterocycles. The minimum absolute atomic E-state index is 0. The van der Waals surface area contributed by atoms with Gasteiger partial charge in [0.05, 0.1) is 5.34 Å². The summed E-state index contributed by atoms with van der Waals surface area (Å²) in [5.41, 5.74) is 0. The quantitative estimate of drug-likeness (QED) is 0.661. The van der Waals surface area contributed by atoms with Crippen LogP contribution in [0.5, 0.6) is 0 Å². The van der Waals surface area contributed by atoms with Gasteiger partial charge in [0.15, 0.2) is 0 Å². The molecule has 1 aromatic rings. The molecule has 5 heteroatoms. The minimum Gasteiger partial charge on any atom is -0.412 e. The van der Waals surface area contributed by atoms with E-state index in [4.69, 9.17) is 28.3 Å². The average Bonchev–Trinajstić information content (AvgIpc) is 2.12. The SMILES string of the molecule is CO.ClCCl.O.c1ccncc1. The molecular weight excluding hydrogens is 201 g/mol. The lowest BCUT2D eigenvalue weighted by Crippen LogP contribution is -1.58. The summed E-state index contributed by atoms with van der Waals surface area (Å²) in [5.74, 6) is 0. The normalized spacial score (nSPS) is 6.00. The molecule has 3 N–H and O–H groups in total. The number of halogens is 2. The summed E-state index contributed by atoms with van der Waals surface area (Å²) in [7, 11) is 1.00. The van der Waals surface area contributed by atoms with Crippen molar-refractivity contribution >= 4 is 23.2 Å². The van der Waals surface area contributed by atoms with Gasteiger partial charge in [-0.05, 0) is 12.1 Å². The first-order valence-electron chi connectivity index (χ1n) is 2.83. The molecule has 1 rings (SSSR count). The molecule has 12 heavy (non-hydrogen) atoms. The van der Waals surface area contributed by atoms with Gasteiger partial charge in [-0.2, -0.15) is 0 Å². The van der Waals surface area contributed by atoms with Crippen LogP contribution in [0.3, 0.4) is 0 Å². The average molecular weight is 214 g/mol. The maximum absolute atomic E-state index is 7.00. The highest BCUT2D eigenvalue weighted by Gasteiger charge is 1.58. The zero-order valence-corrected chi connectivity index (χ0v) is 8.26. The van der Waals surface area contributed by atoms with Gasteiger partial charge in [0.2, 0.25) is 0 Å². The number of pyridine rings is 1. The van der Waals surface area contributed by atoms with Crippen molar-refractivity contribution in [3.05, 3.63) is 30.6 Å². The summed E-state index contributed by atoms with van der Waals surface area (Å²) in [6.45, 7) is 0. The van der Waals surface area contributed by atoms with Gasteiger partial charge in [-0.3, -0.25) is 4.98 Å². The molecule has 0 aliphatic carbocycles. The van der Waals surface area contributed by atoms with Crippen molar-refractivity contribution in [1.82, 2.24) is 4.98 Å². The van der Waals surface area contributed by atoms with Crippen LogP contribution in [0.15, 0.2) is 30.6 Å². The van der Waals surface area contributed by atoms with Crippen LogP contribution in [0.2, 0.25) is 0 Å². The predicted molar refractivity (Wildman–Crippen MR) is 52.6 cm³/mol. The second-order valence-electron chi connectivity index (χ2n) is 1.13. The van der Waals surface area contributed by atoms with Gasteiger partial charge >= 0.3 is 0 Å². The Bertz CT molecular complexity index is 102. The molecule has 0 bridgehead atoms. The number of aliphatic hydroxyl groups is 1. The van der Waals surface area contributed by atoms with E-state index in [1.807, 2.05) is 18.2 Å². The number of hydrogen-bond acceptors (Lipinski definition) is 2. The highest BCUT2D eigenvalue weighted by molar-refractivity contribution is 6.40. The Morgan fingerprint density at radius 2 is 1.42 bits per heavy atom. The molecule has 0 fully saturated rings. The third kappa shape index (κ3) is 22.6. The van der Waals surface area contributed by atoms with Crippen molar-refractivity contribution in [3.63, 3.8) is 0 Å². The van der Waals surface area contributed by atoms with Crippen LogP contribution < -0.4 is 0 Å². The summed E-state index contributed by atoms with van der Waals surface area (Å²) in [4.78, 5) is 3.78. The Morgan fingerprint density at radius 1 is 1.08 bits per heavy atom. The Kier molecular flexibility index (Phi) is 33.0. The molecule has 0 saturated carbocycles. The molecular formula is C7H13Cl2NO2. The summed E-state index contributed by atoms with van der Waals surface area (Å²) in [6, 6.07) is 5.72. The fraction of sp³-hybridized carbons (Fsp3) is 0.286. The Balaban J connectivity index is -0.000000119. The molecule has 0 saturated heterocycles. The van der Waals surface area contributed by atoms with Gasteiger partial charge in [0.25, 0.3) is 0 Å². The van der Waals surface area contributed by atoms with Gasteiger partial charge in [-0.1, -0.05) is 6.07 Å². The van der Waals surface area contributed by atoms with Crippen molar-refractivity contribution in [2.45, 2.75) is 0 Å². The van der Waals surface area contributed by atoms with Crippen molar-refractivity contribution in [1.29, 1.82) is 0 Å². The molecule has 0 aromatic carbocycles. The van der Waals surface area contributed by atoms with E-state index in [0.717, 1.165) is 7.11 Å². The molecule has 0 amide bonds. The van der Waals surface area contributed by atoms with Crippen LogP contribution in [0.1, 0.15) is 0 Å². The highest BCUT2D eigenvalue weighted by Crippen LogP contribution is 1.73. The molecule has 1 aromatic heterocycles. The standard InChI is InChI=1S/C5H5N.CH2Cl2.CH4O.H2O/c1-2-4-6-5-3-1;2-1-3;1-2;/h1-5H;1H2;2H,1H3;1H2. The Hall–Kier alpha value is -0.350. The largest absolute Gasteiger partial charge is 0.412 e. The molecule has 0 atom stereocenters. The molecule has 3 nitrogen and oxygen atoms in total. The topological polar surface area (TPSA) is 64.6 Å². The highest BCUT2D eigenvalue weighted by atomic mass is 35.5. The van der Waals surface area contributed by atoms with Crippen molar-refractivity contribution in [3.8, 4) is 0 Å². The van der Waals surface area contributed by atoms with E-state index >= 15 is 0 Å². The van der Waals surface area contributed by atoms with Crippen molar-refractivity contribution < 1.29 is 10.6 Å². The zero-order chi connectivity index (χ0) is 8.95. The van der Waals surface area contributed by atoms with E-state index in [0.29, 0.717) is 0 Å². The summed E-state index contributed by atoms with van der Waals surface area (Å²) in [6.07, 6.45) is 3.50. The summed E-state index contributed by atoms with van der Waals surface area (Å²) < 4.78 is 0. The fourth-order valence-electron chi connectivity index (χ4n) is 0.313. The Labute approximate surface area is 82.3 Å². The number of nitrogens with zero attached hydrogens (tertiary/aromatic N) is 1. The second-order valence-corrected chi connectivity index (χ2v) is 1.93. The van der Waals surface area contributed by atoms with E-state index in [9.17, 15) is 0 Å². The first-order chi connectivity index (χ1) is 5.41. The van der Waals surface area contributed by atoms with E-state index in [1.54, 1.807) is 12.4 Å². The molecule has 0 aliphatic rings. The van der Waals surface area contributed by atoms with Crippen LogP contribution in [-0.4, -0.2) is 28.0 Å². The van der Waals surface area contributed by atoms with E-state index in [2.05, 4.69) is 4.98 Å². The third-order valence-electron chi connectivity index (χ3n) is 0.566. The fourth-order valence-corrected chi connectivity index (χ4v) is 0.313. The summed E-state index contributed by atoms with van der Waals surface area (Å²) in [5, 5.41) is 7.19. The maximum atomic E-state index is 7.00. The van der Waals surface area contributed by atoms with Crippen LogP contribution in [-0.2, 0) is 0 Å². The van der Waals surface area contributed by atoms with Gasteiger partial charge in [0, 0.05) is 19.5 Å². The Morgan fingerprint density at radius 3 is 1.50 bits per heavy atom. The van der Waals surface area contributed by atoms with Crippen molar-refractivity contribution in [2.24, 2.45) is 0 Å². The molecule has 1 heterocycles. The lowest BCUT2D eigenvalue weighted by Gasteiger charge is -1.70. The van der Waals surface area contributed by atoms with E-state index < -0.39 is 0 Å². The lowest BCUT2D eigenvalue weighted by molar-refractivity contribution is 0.399. The van der Waals surface area contributed by atoms with E-state index in [-0.39, 0.29) is 10.8 Å².